The Labute approximate surface area is 163 Å². The number of benzene rings is 1. The van der Waals surface area contributed by atoms with Crippen molar-refractivity contribution in [2.45, 2.75) is 19.8 Å². The second-order valence-electron chi connectivity index (χ2n) is 6.56. The number of hydrogen-bond donors (Lipinski definition) is 2. The number of pyridine rings is 1. The van der Waals surface area contributed by atoms with Gasteiger partial charge in [0.2, 0.25) is 0 Å². The number of carbonyl (C=O) groups is 1. The van der Waals surface area contributed by atoms with Crippen molar-refractivity contribution in [1.29, 1.82) is 0 Å². The van der Waals surface area contributed by atoms with Crippen molar-refractivity contribution < 1.29 is 9.72 Å². The maximum atomic E-state index is 12.4. The fourth-order valence-electron chi connectivity index (χ4n) is 3.01. The Balaban J connectivity index is 0.00000261. The van der Waals surface area contributed by atoms with Crippen LogP contribution in [0.1, 0.15) is 30.1 Å². The van der Waals surface area contributed by atoms with Gasteiger partial charge in [-0.05, 0) is 43.0 Å². The van der Waals surface area contributed by atoms with Crippen LogP contribution in [0.5, 0.6) is 0 Å². The number of nitro benzene ring substituents is 1. The maximum absolute atomic E-state index is 12.4. The lowest BCUT2D eigenvalue weighted by Gasteiger charge is -2.31. The van der Waals surface area contributed by atoms with Crippen LogP contribution in [0.4, 0.5) is 22.9 Å². The number of anilines is 3. The minimum absolute atomic E-state index is 0. The molecule has 1 saturated heterocycles. The molecule has 0 atom stereocenters. The number of carbonyl (C=O) groups excluding carboxylic acids is 1. The number of nitrogen functional groups attached to an aromatic ring is 1. The average molecular weight is 392 g/mol. The van der Waals surface area contributed by atoms with Crippen LogP contribution in [0, 0.1) is 16.0 Å². The molecule has 1 aromatic carbocycles. The number of halogens is 1. The van der Waals surface area contributed by atoms with Crippen molar-refractivity contribution in [3.05, 3.63) is 52.2 Å². The zero-order valence-corrected chi connectivity index (χ0v) is 15.7. The molecule has 0 radical (unpaired) electrons. The first-order valence-corrected chi connectivity index (χ1v) is 8.50. The molecule has 0 aliphatic carbocycles. The topological polar surface area (TPSA) is 114 Å². The smallest absolute Gasteiger partial charge is 0.293 e. The number of rotatable bonds is 4. The summed E-state index contributed by atoms with van der Waals surface area (Å²) in [6.07, 6.45) is 3.44. The first-order valence-electron chi connectivity index (χ1n) is 8.50. The summed E-state index contributed by atoms with van der Waals surface area (Å²) in [7, 11) is 0. The highest BCUT2D eigenvalue weighted by atomic mass is 35.5. The van der Waals surface area contributed by atoms with Gasteiger partial charge in [0, 0.05) is 24.7 Å². The third-order valence-corrected chi connectivity index (χ3v) is 4.60. The molecule has 1 aliphatic heterocycles. The van der Waals surface area contributed by atoms with E-state index in [1.54, 1.807) is 24.3 Å². The molecule has 0 spiro atoms. The summed E-state index contributed by atoms with van der Waals surface area (Å²) in [4.78, 5) is 29.4. The molecule has 3 N–H and O–H groups in total. The molecule has 27 heavy (non-hydrogen) atoms. The van der Waals surface area contributed by atoms with Crippen LogP contribution in [0.15, 0.2) is 36.5 Å². The lowest BCUT2D eigenvalue weighted by Crippen LogP contribution is -2.33. The molecule has 9 heteroatoms. The van der Waals surface area contributed by atoms with Crippen LogP contribution in [0.3, 0.4) is 0 Å². The van der Waals surface area contributed by atoms with Gasteiger partial charge in [-0.3, -0.25) is 14.9 Å². The molecule has 0 bridgehead atoms. The van der Waals surface area contributed by atoms with Crippen molar-refractivity contribution >= 4 is 41.2 Å². The van der Waals surface area contributed by atoms with E-state index in [1.807, 2.05) is 4.90 Å². The molecule has 0 saturated carbocycles. The third-order valence-electron chi connectivity index (χ3n) is 4.60. The van der Waals surface area contributed by atoms with Gasteiger partial charge in [-0.1, -0.05) is 6.92 Å². The molecular formula is C18H22ClN5O3. The molecule has 1 aliphatic rings. The van der Waals surface area contributed by atoms with E-state index < -0.39 is 10.8 Å². The molecule has 1 amide bonds. The number of nitrogens with zero attached hydrogens (tertiary/aromatic N) is 3. The van der Waals surface area contributed by atoms with Crippen molar-refractivity contribution in [3.63, 3.8) is 0 Å². The molecule has 144 valence electrons. The zero-order chi connectivity index (χ0) is 18.7. The van der Waals surface area contributed by atoms with Gasteiger partial charge in [0.05, 0.1) is 16.8 Å². The van der Waals surface area contributed by atoms with Gasteiger partial charge in [-0.2, -0.15) is 0 Å². The number of aromatic nitrogens is 1. The second-order valence-corrected chi connectivity index (χ2v) is 6.56. The van der Waals surface area contributed by atoms with Crippen molar-refractivity contribution in [2.75, 3.05) is 29.0 Å². The van der Waals surface area contributed by atoms with E-state index in [4.69, 9.17) is 5.73 Å². The summed E-state index contributed by atoms with van der Waals surface area (Å²) in [6, 6.07) is 7.79. The number of piperidine rings is 1. The number of nitrogens with two attached hydrogens (primary N) is 1. The Bertz CT molecular complexity index is 820. The minimum atomic E-state index is -0.436. The van der Waals surface area contributed by atoms with Gasteiger partial charge in [0.1, 0.15) is 11.5 Å². The molecule has 2 aromatic rings. The first kappa shape index (κ1) is 20.4. The van der Waals surface area contributed by atoms with Crippen LogP contribution >= 0.6 is 12.4 Å². The summed E-state index contributed by atoms with van der Waals surface area (Å²) >= 11 is 0. The number of amides is 1. The van der Waals surface area contributed by atoms with E-state index in [9.17, 15) is 14.9 Å². The monoisotopic (exact) mass is 391 g/mol. The number of nitro groups is 1. The fourth-order valence-corrected chi connectivity index (χ4v) is 3.01. The van der Waals surface area contributed by atoms with E-state index in [2.05, 4.69) is 17.2 Å². The highest BCUT2D eigenvalue weighted by molar-refractivity contribution is 6.05. The van der Waals surface area contributed by atoms with Gasteiger partial charge in [-0.25, -0.2) is 4.98 Å². The normalized spacial score (nSPS) is 14.3. The van der Waals surface area contributed by atoms with Crippen LogP contribution in [-0.4, -0.2) is 28.9 Å². The van der Waals surface area contributed by atoms with E-state index >= 15 is 0 Å². The van der Waals surface area contributed by atoms with Gasteiger partial charge in [0.25, 0.3) is 11.6 Å². The number of nitrogens with one attached hydrogen (secondary N) is 1. The van der Waals surface area contributed by atoms with Gasteiger partial charge in [0.15, 0.2) is 0 Å². The Hall–Kier alpha value is -2.87. The second kappa shape index (κ2) is 8.68. The first-order chi connectivity index (χ1) is 12.4. The predicted octanol–water partition coefficient (Wildman–Crippen LogP) is 3.48. The molecule has 8 nitrogen and oxygen atoms in total. The lowest BCUT2D eigenvalue weighted by atomic mass is 9.98. The standard InChI is InChI=1S/C18H21N5O3.ClH/c1-12-6-8-22(9-7-12)15-4-2-13(10-16(15)23(25)26)18(24)21-14-3-5-17(19)20-11-14;/h2-5,10-12H,6-9H2,1H3,(H2,19,20)(H,21,24);1H. The quantitative estimate of drug-likeness (QED) is 0.609. The molecular weight excluding hydrogens is 370 g/mol. The van der Waals surface area contributed by atoms with E-state index in [-0.39, 0.29) is 23.7 Å². The van der Waals surface area contributed by atoms with Crippen molar-refractivity contribution in [3.8, 4) is 0 Å². The van der Waals surface area contributed by atoms with E-state index in [0.717, 1.165) is 25.9 Å². The predicted molar refractivity (Wildman–Crippen MR) is 108 cm³/mol. The molecule has 1 aromatic heterocycles. The average Bonchev–Trinajstić information content (AvgIpc) is 2.63. The molecule has 3 rings (SSSR count). The minimum Gasteiger partial charge on any atom is -0.384 e. The molecule has 2 heterocycles. The highest BCUT2D eigenvalue weighted by Gasteiger charge is 2.24. The zero-order valence-electron chi connectivity index (χ0n) is 14.9. The summed E-state index contributed by atoms with van der Waals surface area (Å²) in [5.74, 6) is 0.543. The lowest BCUT2D eigenvalue weighted by molar-refractivity contribution is -0.384. The van der Waals surface area contributed by atoms with Crippen LogP contribution < -0.4 is 16.0 Å². The van der Waals surface area contributed by atoms with E-state index in [0.29, 0.717) is 23.1 Å². The van der Waals surface area contributed by atoms with Crippen LogP contribution in [-0.2, 0) is 0 Å². The SMILES string of the molecule is CC1CCN(c2ccc(C(=O)Nc3ccc(N)nc3)cc2[N+](=O)[O-])CC1.Cl. The molecule has 0 unspecified atom stereocenters. The summed E-state index contributed by atoms with van der Waals surface area (Å²) in [5, 5.41) is 14.2. The van der Waals surface area contributed by atoms with Crippen molar-refractivity contribution in [1.82, 2.24) is 4.98 Å². The van der Waals surface area contributed by atoms with Gasteiger partial charge >= 0.3 is 0 Å². The Morgan fingerprint density at radius 1 is 1.30 bits per heavy atom. The largest absolute Gasteiger partial charge is 0.384 e. The third kappa shape index (κ3) is 4.85. The maximum Gasteiger partial charge on any atom is 0.293 e. The Morgan fingerprint density at radius 3 is 2.59 bits per heavy atom. The summed E-state index contributed by atoms with van der Waals surface area (Å²) in [6.45, 7) is 3.75. The Kier molecular flexibility index (Phi) is 6.57. The van der Waals surface area contributed by atoms with Gasteiger partial charge in [-0.15, -0.1) is 12.4 Å². The highest BCUT2D eigenvalue weighted by Crippen LogP contribution is 2.32. The summed E-state index contributed by atoms with van der Waals surface area (Å²) < 4.78 is 0. The van der Waals surface area contributed by atoms with Crippen LogP contribution in [0.2, 0.25) is 0 Å². The summed E-state index contributed by atoms with van der Waals surface area (Å²) in [5.41, 5.74) is 6.72. The number of hydrogen-bond acceptors (Lipinski definition) is 6. The van der Waals surface area contributed by atoms with Gasteiger partial charge < -0.3 is 16.0 Å². The Morgan fingerprint density at radius 2 is 2.00 bits per heavy atom. The fraction of sp³-hybridized carbons (Fsp3) is 0.333. The van der Waals surface area contributed by atoms with E-state index in [1.165, 1.54) is 12.3 Å². The molecule has 1 fully saturated rings. The van der Waals surface area contributed by atoms with Crippen LogP contribution in [0.25, 0.3) is 0 Å². The van der Waals surface area contributed by atoms with Crippen molar-refractivity contribution in [2.24, 2.45) is 5.92 Å².